The number of aryl methyl sites for hydroxylation is 1. The van der Waals surface area contributed by atoms with Gasteiger partial charge in [-0.15, -0.1) is 0 Å². The van der Waals surface area contributed by atoms with Gasteiger partial charge in [-0.2, -0.15) is 0 Å². The van der Waals surface area contributed by atoms with Crippen molar-refractivity contribution in [2.45, 2.75) is 25.3 Å². The molecule has 2 N–H and O–H groups in total. The summed E-state index contributed by atoms with van der Waals surface area (Å²) in [4.78, 5) is 19.7. The Balaban J connectivity index is 0.000000433. The number of ether oxygens (including phenoxy) is 1. The highest BCUT2D eigenvalue weighted by Gasteiger charge is 2.47. The van der Waals surface area contributed by atoms with E-state index in [0.29, 0.717) is 11.3 Å². The number of amides is 1. The van der Waals surface area contributed by atoms with Crippen LogP contribution in [-0.4, -0.2) is 43.5 Å². The van der Waals surface area contributed by atoms with Crippen molar-refractivity contribution in [3.8, 4) is 5.75 Å². The van der Waals surface area contributed by atoms with Crippen LogP contribution < -0.4 is 15.4 Å². The third kappa shape index (κ3) is 4.40. The zero-order chi connectivity index (χ0) is 22.7. The second kappa shape index (κ2) is 8.91. The Morgan fingerprint density at radius 1 is 1.19 bits per heavy atom. The molecule has 0 radical (unpaired) electrons. The number of methoxy groups -OCH3 is 1. The van der Waals surface area contributed by atoms with Gasteiger partial charge in [0.15, 0.2) is 0 Å². The number of carbonyl (C=O) groups is 1. The predicted octanol–water partition coefficient (Wildman–Crippen LogP) is 4.46. The number of hydrogen-bond donors (Lipinski definition) is 2. The SMILES string of the molecule is CN1C=CC1.CNc1cc(C2(NC(=O)c3cc(OC)ccc3C)CC2)c2cccnc2c1. The van der Waals surface area contributed by atoms with Crippen LogP contribution in [0.1, 0.15) is 34.3 Å². The second-order valence-corrected chi connectivity index (χ2v) is 8.39. The lowest BCUT2D eigenvalue weighted by molar-refractivity contribution is 0.0930. The zero-order valence-electron chi connectivity index (χ0n) is 19.1. The van der Waals surface area contributed by atoms with Crippen molar-refractivity contribution >= 4 is 22.5 Å². The number of nitrogens with zero attached hydrogens (tertiary/aromatic N) is 2. The van der Waals surface area contributed by atoms with Crippen LogP contribution >= 0.6 is 0 Å². The molecule has 1 fully saturated rings. The number of carbonyl (C=O) groups excluding carboxylic acids is 1. The third-order valence-corrected chi connectivity index (χ3v) is 6.07. The topological polar surface area (TPSA) is 66.5 Å². The minimum Gasteiger partial charge on any atom is -0.497 e. The van der Waals surface area contributed by atoms with Gasteiger partial charge in [0.2, 0.25) is 0 Å². The standard InChI is InChI=1S/C22H23N3O2.C4H7N/c1-14-6-7-16(27-3)13-18(14)21(26)25-22(8-9-22)19-11-15(23-2)12-20-17(19)5-4-10-24-20;1-5-3-2-4-5/h4-7,10-13,23H,8-9H2,1-3H3,(H,25,26);2-3H,4H2,1H3. The van der Waals surface area contributed by atoms with Crippen molar-refractivity contribution in [2.75, 3.05) is 33.1 Å². The van der Waals surface area contributed by atoms with E-state index in [0.717, 1.165) is 47.1 Å². The van der Waals surface area contributed by atoms with Crippen molar-refractivity contribution in [1.82, 2.24) is 15.2 Å². The summed E-state index contributed by atoms with van der Waals surface area (Å²) in [6.07, 6.45) is 7.81. The molecule has 6 nitrogen and oxygen atoms in total. The van der Waals surface area contributed by atoms with E-state index in [4.69, 9.17) is 4.74 Å². The fraction of sp³-hybridized carbons (Fsp3) is 0.308. The Bertz CT molecular complexity index is 1170. The summed E-state index contributed by atoms with van der Waals surface area (Å²) in [5.74, 6) is 0.609. The van der Waals surface area contributed by atoms with Gasteiger partial charge in [-0.3, -0.25) is 9.78 Å². The molecule has 1 aliphatic carbocycles. The van der Waals surface area contributed by atoms with Crippen LogP contribution in [0.25, 0.3) is 10.9 Å². The average Bonchev–Trinajstić information content (AvgIpc) is 3.57. The largest absolute Gasteiger partial charge is 0.497 e. The molecule has 1 amide bonds. The molecule has 166 valence electrons. The molecule has 1 saturated carbocycles. The molecule has 0 atom stereocenters. The van der Waals surface area contributed by atoms with Gasteiger partial charge < -0.3 is 20.3 Å². The molecule has 2 aliphatic rings. The number of nitrogens with one attached hydrogen (secondary N) is 2. The average molecular weight is 431 g/mol. The molecule has 1 aromatic heterocycles. The smallest absolute Gasteiger partial charge is 0.252 e. The Morgan fingerprint density at radius 2 is 1.94 bits per heavy atom. The molecule has 32 heavy (non-hydrogen) atoms. The number of hydrogen-bond acceptors (Lipinski definition) is 5. The third-order valence-electron chi connectivity index (χ3n) is 6.07. The first kappa shape index (κ1) is 21.7. The van der Waals surface area contributed by atoms with E-state index >= 15 is 0 Å². The van der Waals surface area contributed by atoms with Gasteiger partial charge in [-0.25, -0.2) is 0 Å². The molecular weight excluding hydrogens is 400 g/mol. The van der Waals surface area contributed by atoms with Gasteiger partial charge >= 0.3 is 0 Å². The first-order valence-corrected chi connectivity index (χ1v) is 10.9. The van der Waals surface area contributed by atoms with Crippen molar-refractivity contribution < 1.29 is 9.53 Å². The van der Waals surface area contributed by atoms with Crippen LogP contribution in [-0.2, 0) is 5.54 Å². The first-order valence-electron chi connectivity index (χ1n) is 10.9. The van der Waals surface area contributed by atoms with Crippen LogP contribution in [0.15, 0.2) is 60.9 Å². The molecular formula is C26H30N4O2. The number of benzene rings is 2. The Morgan fingerprint density at radius 3 is 2.53 bits per heavy atom. The normalized spacial score (nSPS) is 15.3. The van der Waals surface area contributed by atoms with E-state index in [1.807, 2.05) is 38.2 Å². The van der Waals surface area contributed by atoms with Crippen molar-refractivity contribution in [3.63, 3.8) is 0 Å². The fourth-order valence-corrected chi connectivity index (χ4v) is 3.88. The van der Waals surface area contributed by atoms with Crippen molar-refractivity contribution in [3.05, 3.63) is 77.6 Å². The van der Waals surface area contributed by atoms with Gasteiger partial charge in [-0.1, -0.05) is 12.1 Å². The first-order chi connectivity index (χ1) is 15.5. The van der Waals surface area contributed by atoms with Crippen molar-refractivity contribution in [1.29, 1.82) is 0 Å². The number of pyridine rings is 1. The minimum atomic E-state index is -0.346. The maximum absolute atomic E-state index is 13.1. The molecule has 3 aromatic rings. The lowest BCUT2D eigenvalue weighted by Crippen LogP contribution is -2.35. The summed E-state index contributed by atoms with van der Waals surface area (Å²) in [6, 6.07) is 13.7. The van der Waals surface area contributed by atoms with Crippen LogP contribution in [0.3, 0.4) is 0 Å². The molecule has 0 saturated heterocycles. The van der Waals surface area contributed by atoms with Gasteiger partial charge in [0.1, 0.15) is 5.75 Å². The van der Waals surface area contributed by atoms with Gasteiger partial charge in [0.05, 0.1) is 18.2 Å². The molecule has 2 aromatic carbocycles. The maximum Gasteiger partial charge on any atom is 0.252 e. The van der Waals surface area contributed by atoms with E-state index in [1.54, 1.807) is 19.4 Å². The second-order valence-electron chi connectivity index (χ2n) is 8.39. The monoisotopic (exact) mass is 430 g/mol. The van der Waals surface area contributed by atoms with Gasteiger partial charge in [-0.05, 0) is 73.5 Å². The Kier molecular flexibility index (Phi) is 6.04. The highest BCUT2D eigenvalue weighted by molar-refractivity contribution is 5.97. The van der Waals surface area contributed by atoms with Gasteiger partial charge in [0.25, 0.3) is 5.91 Å². The van der Waals surface area contributed by atoms with E-state index in [-0.39, 0.29) is 11.4 Å². The molecule has 0 spiro atoms. The molecule has 2 heterocycles. The van der Waals surface area contributed by atoms with E-state index < -0.39 is 0 Å². The van der Waals surface area contributed by atoms with E-state index in [1.165, 1.54) is 0 Å². The fourth-order valence-electron chi connectivity index (χ4n) is 3.88. The number of anilines is 1. The van der Waals surface area contributed by atoms with Crippen LogP contribution in [0, 0.1) is 6.92 Å². The number of aromatic nitrogens is 1. The summed E-state index contributed by atoms with van der Waals surface area (Å²) in [6.45, 7) is 3.08. The molecule has 1 aliphatic heterocycles. The summed E-state index contributed by atoms with van der Waals surface area (Å²) in [5, 5.41) is 7.57. The summed E-state index contributed by atoms with van der Waals surface area (Å²) >= 11 is 0. The molecule has 5 rings (SSSR count). The molecule has 6 heteroatoms. The number of fused-ring (bicyclic) bond motifs is 1. The highest BCUT2D eigenvalue weighted by atomic mass is 16.5. The maximum atomic E-state index is 13.1. The van der Waals surface area contributed by atoms with Crippen LogP contribution in [0.2, 0.25) is 0 Å². The number of likely N-dealkylation sites (N-methyl/N-ethyl adjacent to an activating group) is 1. The summed E-state index contributed by atoms with van der Waals surface area (Å²) < 4.78 is 5.28. The Labute approximate surface area is 189 Å². The number of rotatable bonds is 5. The van der Waals surface area contributed by atoms with E-state index in [9.17, 15) is 4.79 Å². The van der Waals surface area contributed by atoms with E-state index in [2.05, 4.69) is 52.0 Å². The lowest BCUT2D eigenvalue weighted by Gasteiger charge is -2.22. The van der Waals surface area contributed by atoms with Crippen molar-refractivity contribution in [2.24, 2.45) is 0 Å². The van der Waals surface area contributed by atoms with Crippen LogP contribution in [0.4, 0.5) is 5.69 Å². The van der Waals surface area contributed by atoms with Gasteiger partial charge in [0, 0.05) is 43.5 Å². The lowest BCUT2D eigenvalue weighted by atomic mass is 9.97. The Hall–Kier alpha value is -3.54. The minimum absolute atomic E-state index is 0.0733. The summed E-state index contributed by atoms with van der Waals surface area (Å²) in [7, 11) is 5.56. The molecule has 0 bridgehead atoms. The van der Waals surface area contributed by atoms with Crippen LogP contribution in [0.5, 0.6) is 5.75 Å². The molecule has 0 unspecified atom stereocenters. The highest BCUT2D eigenvalue weighted by Crippen LogP contribution is 2.48. The quantitative estimate of drug-likeness (QED) is 0.626. The zero-order valence-corrected chi connectivity index (χ0v) is 19.1. The summed E-state index contributed by atoms with van der Waals surface area (Å²) in [5.41, 5.74) is 4.27. The predicted molar refractivity (Wildman–Crippen MR) is 129 cm³/mol.